The highest BCUT2D eigenvalue weighted by Gasteiger charge is 2.41. The van der Waals surface area contributed by atoms with Crippen LogP contribution in [0.25, 0.3) is 122 Å². The molecule has 17 rings (SSSR count). The molecule has 0 fully saturated rings. The molecule has 0 spiro atoms. The number of nitriles is 1. The molecule has 0 bridgehead atoms. The first-order valence-electron chi connectivity index (χ1n) is 28.8. The molecule has 0 saturated heterocycles. The summed E-state index contributed by atoms with van der Waals surface area (Å²) in [5.74, 6) is 1.30. The molecule has 0 amide bonds. The van der Waals surface area contributed by atoms with Crippen molar-refractivity contribution in [2.24, 2.45) is 0 Å². The van der Waals surface area contributed by atoms with Gasteiger partial charge in [0, 0.05) is 66.1 Å². The Bertz CT molecular complexity index is 5420. The standard InChI is InChI=1S/C77H49N7Si/c78-50-51-39-43-73-65(45-51)62-32-13-17-36-70(62)82(73)54-40-42-64-61-31-12-19-38-72(61)84(75(64)48-54)77-79-67(52-21-20-28-58(46-52)85(55-22-4-1-5-23-55,56-24-6-2-7-25-56)57-26-8-3-9-27-57)49-76(80-77)83-71-37-18-14-33-63(71)66-47-53(41-44-74(66)83)81-68-34-15-10-29-59(68)60-30-11-16-35-69(60)81/h1-49H. The van der Waals surface area contributed by atoms with Crippen LogP contribution in [0, 0.1) is 11.3 Å². The Morgan fingerprint density at radius 3 is 1.25 bits per heavy atom. The lowest BCUT2D eigenvalue weighted by atomic mass is 10.1. The minimum atomic E-state index is -2.96. The molecule has 12 aromatic carbocycles. The third-order valence-electron chi connectivity index (χ3n) is 17.6. The van der Waals surface area contributed by atoms with Crippen LogP contribution in [0.4, 0.5) is 0 Å². The zero-order valence-corrected chi connectivity index (χ0v) is 46.9. The smallest absolute Gasteiger partial charge is 0.237 e. The molecule has 0 aliphatic rings. The molecular weight excluding hydrogens is 1050 g/mol. The summed E-state index contributed by atoms with van der Waals surface area (Å²) in [4.78, 5) is 11.6. The van der Waals surface area contributed by atoms with Gasteiger partial charge < -0.3 is 9.13 Å². The highest BCUT2D eigenvalue weighted by molar-refractivity contribution is 7.19. The van der Waals surface area contributed by atoms with E-state index >= 15 is 0 Å². The predicted molar refractivity (Wildman–Crippen MR) is 353 cm³/mol. The first kappa shape index (κ1) is 48.3. The topological polar surface area (TPSA) is 69.3 Å². The van der Waals surface area contributed by atoms with E-state index in [9.17, 15) is 5.26 Å². The molecule has 5 aromatic heterocycles. The van der Waals surface area contributed by atoms with Gasteiger partial charge in [0.1, 0.15) is 5.82 Å². The van der Waals surface area contributed by atoms with Gasteiger partial charge in [-0.2, -0.15) is 10.2 Å². The van der Waals surface area contributed by atoms with Gasteiger partial charge in [0.05, 0.1) is 61.5 Å². The number of para-hydroxylation sites is 5. The van der Waals surface area contributed by atoms with Crippen molar-refractivity contribution < 1.29 is 0 Å². The minimum absolute atomic E-state index is 0.549. The van der Waals surface area contributed by atoms with Crippen LogP contribution in [0.2, 0.25) is 0 Å². The fourth-order valence-corrected chi connectivity index (χ4v) is 18.7. The number of hydrogen-bond acceptors (Lipinski definition) is 3. The third kappa shape index (κ3) is 7.31. The average Bonchev–Trinajstić information content (AvgIpc) is 3.08. The summed E-state index contributed by atoms with van der Waals surface area (Å²) in [7, 11) is -2.96. The Balaban J connectivity index is 0.946. The van der Waals surface area contributed by atoms with Crippen molar-refractivity contribution in [3.8, 4) is 40.5 Å². The number of aromatic nitrogens is 6. The van der Waals surface area contributed by atoms with E-state index in [4.69, 9.17) is 9.97 Å². The highest BCUT2D eigenvalue weighted by Crippen LogP contribution is 2.40. The van der Waals surface area contributed by atoms with Crippen molar-refractivity contribution in [1.82, 2.24) is 28.2 Å². The largest absolute Gasteiger partial charge is 0.309 e. The molecule has 0 N–H and O–H groups in total. The lowest BCUT2D eigenvalue weighted by molar-refractivity contribution is 0.951. The van der Waals surface area contributed by atoms with E-state index in [1.165, 1.54) is 42.6 Å². The molecule has 0 aliphatic heterocycles. The minimum Gasteiger partial charge on any atom is -0.309 e. The Hall–Kier alpha value is -11.4. The van der Waals surface area contributed by atoms with Crippen molar-refractivity contribution in [1.29, 1.82) is 5.26 Å². The summed E-state index contributed by atoms with van der Waals surface area (Å²) in [6, 6.07) is 110. The first-order valence-corrected chi connectivity index (χ1v) is 30.8. The molecule has 0 unspecified atom stereocenters. The average molecular weight is 1100 g/mol. The number of hydrogen-bond donors (Lipinski definition) is 0. The number of nitrogens with zero attached hydrogens (tertiary/aromatic N) is 7. The van der Waals surface area contributed by atoms with Crippen molar-refractivity contribution in [2.75, 3.05) is 0 Å². The van der Waals surface area contributed by atoms with E-state index in [0.717, 1.165) is 93.9 Å². The third-order valence-corrected chi connectivity index (χ3v) is 22.3. The van der Waals surface area contributed by atoms with Crippen LogP contribution in [-0.4, -0.2) is 36.3 Å². The highest BCUT2D eigenvalue weighted by atomic mass is 28.3. The quantitative estimate of drug-likeness (QED) is 0.107. The molecular formula is C77H49N7Si. The van der Waals surface area contributed by atoms with Gasteiger partial charge in [-0.25, -0.2) is 4.98 Å². The Morgan fingerprint density at radius 1 is 0.282 bits per heavy atom. The van der Waals surface area contributed by atoms with Gasteiger partial charge in [-0.1, -0.05) is 212 Å². The first-order chi connectivity index (χ1) is 42.1. The van der Waals surface area contributed by atoms with E-state index in [-0.39, 0.29) is 0 Å². The van der Waals surface area contributed by atoms with Gasteiger partial charge >= 0.3 is 0 Å². The van der Waals surface area contributed by atoms with E-state index < -0.39 is 8.07 Å². The van der Waals surface area contributed by atoms with Crippen LogP contribution in [0.1, 0.15) is 5.56 Å². The fourth-order valence-electron chi connectivity index (χ4n) is 13.9. The van der Waals surface area contributed by atoms with Gasteiger partial charge in [0.2, 0.25) is 5.95 Å². The van der Waals surface area contributed by atoms with Gasteiger partial charge in [-0.05, 0) is 99.6 Å². The molecule has 7 nitrogen and oxygen atoms in total. The van der Waals surface area contributed by atoms with Crippen molar-refractivity contribution >= 4 is 116 Å². The maximum Gasteiger partial charge on any atom is 0.237 e. The second-order valence-electron chi connectivity index (χ2n) is 22.0. The lowest BCUT2D eigenvalue weighted by Crippen LogP contribution is -2.74. The number of fused-ring (bicyclic) bond motifs is 12. The zero-order valence-electron chi connectivity index (χ0n) is 45.9. The second kappa shape index (κ2) is 19.1. The number of rotatable bonds is 9. The maximum absolute atomic E-state index is 10.0. The van der Waals surface area contributed by atoms with Crippen molar-refractivity contribution in [3.05, 3.63) is 303 Å². The summed E-state index contributed by atoms with van der Waals surface area (Å²) in [6.07, 6.45) is 0. The monoisotopic (exact) mass is 1100 g/mol. The Labute approximate surface area is 490 Å². The van der Waals surface area contributed by atoms with Crippen LogP contribution < -0.4 is 20.7 Å². The van der Waals surface area contributed by atoms with Crippen LogP contribution >= 0.6 is 0 Å². The summed E-state index contributed by atoms with van der Waals surface area (Å²) in [5, 5.41) is 24.2. The molecule has 0 saturated carbocycles. The van der Waals surface area contributed by atoms with Gasteiger partial charge in [0.15, 0.2) is 8.07 Å². The summed E-state index contributed by atoms with van der Waals surface area (Å²) in [6.45, 7) is 0. The van der Waals surface area contributed by atoms with E-state index in [2.05, 4.69) is 309 Å². The molecule has 396 valence electrons. The summed E-state index contributed by atoms with van der Waals surface area (Å²) >= 11 is 0. The van der Waals surface area contributed by atoms with Crippen LogP contribution in [-0.2, 0) is 0 Å². The SMILES string of the molecule is N#Cc1ccc2c(c1)c1ccccc1n2-c1ccc2c3ccccc3n(-c3nc(-c4cccc([Si](c5ccccc5)(c5ccccc5)c5ccccc5)c4)cc(-n4c5ccccc5c5cc(-n6c7ccccc7c7ccccc76)ccc54)n3)c2c1. The maximum atomic E-state index is 10.0. The molecule has 85 heavy (non-hydrogen) atoms. The molecule has 5 heterocycles. The van der Waals surface area contributed by atoms with Crippen LogP contribution in [0.15, 0.2) is 297 Å². The van der Waals surface area contributed by atoms with Crippen LogP contribution in [0.5, 0.6) is 0 Å². The van der Waals surface area contributed by atoms with Gasteiger partial charge in [-0.3, -0.25) is 9.13 Å². The molecule has 0 aliphatic carbocycles. The summed E-state index contributed by atoms with van der Waals surface area (Å²) in [5.41, 5.74) is 12.9. The Morgan fingerprint density at radius 2 is 0.694 bits per heavy atom. The predicted octanol–water partition coefficient (Wildman–Crippen LogP) is 15.8. The normalized spacial score (nSPS) is 12.0. The fraction of sp³-hybridized carbons (Fsp3) is 0. The number of benzene rings is 12. The van der Waals surface area contributed by atoms with E-state index in [0.29, 0.717) is 11.5 Å². The summed E-state index contributed by atoms with van der Waals surface area (Å²) < 4.78 is 9.31. The van der Waals surface area contributed by atoms with Gasteiger partial charge in [0.25, 0.3) is 0 Å². The zero-order chi connectivity index (χ0) is 56.2. The van der Waals surface area contributed by atoms with E-state index in [1.807, 2.05) is 12.1 Å². The Kier molecular flexibility index (Phi) is 10.9. The van der Waals surface area contributed by atoms with Crippen LogP contribution in [0.3, 0.4) is 0 Å². The second-order valence-corrected chi connectivity index (χ2v) is 25.8. The van der Waals surface area contributed by atoms with Crippen molar-refractivity contribution in [2.45, 2.75) is 0 Å². The molecule has 0 radical (unpaired) electrons. The molecule has 8 heteroatoms. The lowest BCUT2D eigenvalue weighted by Gasteiger charge is -2.34. The van der Waals surface area contributed by atoms with Crippen molar-refractivity contribution in [3.63, 3.8) is 0 Å². The molecule has 17 aromatic rings. The van der Waals surface area contributed by atoms with Gasteiger partial charge in [-0.15, -0.1) is 0 Å². The van der Waals surface area contributed by atoms with E-state index in [1.54, 1.807) is 0 Å². The molecule has 0 atom stereocenters.